The lowest BCUT2D eigenvalue weighted by molar-refractivity contribution is 0.0999. The summed E-state index contributed by atoms with van der Waals surface area (Å²) in [7, 11) is 0. The van der Waals surface area contributed by atoms with Crippen molar-refractivity contribution in [1.82, 2.24) is 5.32 Å². The third-order valence-corrected chi connectivity index (χ3v) is 7.54. The molecule has 1 aliphatic carbocycles. The molecule has 1 amide bonds. The van der Waals surface area contributed by atoms with Crippen molar-refractivity contribution in [3.8, 4) is 10.4 Å². The van der Waals surface area contributed by atoms with Crippen molar-refractivity contribution in [2.75, 3.05) is 0 Å². The molecule has 31 heavy (non-hydrogen) atoms. The Balaban J connectivity index is 1.51. The molecule has 4 rings (SSSR count). The van der Waals surface area contributed by atoms with Gasteiger partial charge in [0.25, 0.3) is 0 Å². The van der Waals surface area contributed by atoms with Crippen LogP contribution in [-0.2, 0) is 6.54 Å². The Kier molecular flexibility index (Phi) is 6.56. The minimum Gasteiger partial charge on any atom is -0.393 e. The quantitative estimate of drug-likeness (QED) is 0.491. The Bertz CT molecular complexity index is 1070. The van der Waals surface area contributed by atoms with E-state index in [1.807, 2.05) is 24.3 Å². The topological polar surface area (TPSA) is 75.4 Å². The van der Waals surface area contributed by atoms with E-state index in [9.17, 15) is 9.90 Å². The molecule has 1 aromatic heterocycles. The van der Waals surface area contributed by atoms with Gasteiger partial charge in [-0.2, -0.15) is 0 Å². The van der Waals surface area contributed by atoms with Gasteiger partial charge in [-0.15, -0.1) is 11.3 Å². The Morgan fingerprint density at radius 3 is 2.74 bits per heavy atom. The van der Waals surface area contributed by atoms with Gasteiger partial charge in [-0.1, -0.05) is 37.3 Å². The lowest BCUT2D eigenvalue weighted by Gasteiger charge is -2.17. The fourth-order valence-electron chi connectivity index (χ4n) is 4.55. The molecule has 1 fully saturated rings. The Hall–Kier alpha value is -2.47. The summed E-state index contributed by atoms with van der Waals surface area (Å²) in [6.45, 7) is 4.99. The van der Waals surface area contributed by atoms with E-state index in [2.05, 4.69) is 54.7 Å². The Morgan fingerprint density at radius 1 is 1.19 bits per heavy atom. The normalized spacial score (nSPS) is 19.5. The number of hydrogen-bond donors (Lipinski definition) is 3. The molecule has 5 heteroatoms. The van der Waals surface area contributed by atoms with Gasteiger partial charge < -0.3 is 16.2 Å². The van der Waals surface area contributed by atoms with E-state index in [0.717, 1.165) is 36.9 Å². The van der Waals surface area contributed by atoms with Crippen LogP contribution in [0.5, 0.6) is 0 Å². The van der Waals surface area contributed by atoms with Crippen LogP contribution < -0.4 is 11.1 Å². The van der Waals surface area contributed by atoms with E-state index in [1.54, 1.807) is 6.07 Å². The van der Waals surface area contributed by atoms with Crippen LogP contribution in [0, 0.1) is 6.92 Å². The van der Waals surface area contributed by atoms with Crippen LogP contribution in [0.1, 0.15) is 64.0 Å². The fraction of sp³-hybridized carbons (Fsp3) is 0.346. The molecule has 3 aromatic rings. The molecule has 3 atom stereocenters. The highest BCUT2D eigenvalue weighted by Gasteiger charge is 2.22. The van der Waals surface area contributed by atoms with E-state index in [4.69, 9.17) is 5.73 Å². The highest BCUT2D eigenvalue weighted by molar-refractivity contribution is 7.15. The molecule has 2 aromatic carbocycles. The average Bonchev–Trinajstić information content (AvgIpc) is 3.41. The van der Waals surface area contributed by atoms with E-state index in [0.29, 0.717) is 11.6 Å². The van der Waals surface area contributed by atoms with Gasteiger partial charge in [-0.25, -0.2) is 0 Å². The summed E-state index contributed by atoms with van der Waals surface area (Å²) in [5, 5.41) is 13.3. The average molecular weight is 435 g/mol. The molecule has 0 spiro atoms. The molecule has 0 bridgehead atoms. The maximum Gasteiger partial charge on any atom is 0.248 e. The van der Waals surface area contributed by atoms with Crippen LogP contribution in [0.3, 0.4) is 0 Å². The van der Waals surface area contributed by atoms with Crippen molar-refractivity contribution in [2.24, 2.45) is 5.73 Å². The summed E-state index contributed by atoms with van der Waals surface area (Å²) in [4.78, 5) is 14.3. The summed E-state index contributed by atoms with van der Waals surface area (Å²) in [5.74, 6) is -0.221. The number of benzene rings is 2. The third-order valence-electron chi connectivity index (χ3n) is 6.41. The molecule has 1 aliphatic rings. The largest absolute Gasteiger partial charge is 0.393 e. The first kappa shape index (κ1) is 21.8. The molecular weight excluding hydrogens is 404 g/mol. The second kappa shape index (κ2) is 9.35. The number of nitrogens with one attached hydrogen (secondary N) is 1. The monoisotopic (exact) mass is 434 g/mol. The standard InChI is InChI=1S/C26H30N2O2S/c1-16(23-7-4-8-24(17(23)2)26(27)30)18-5-3-6-19(13-18)25-12-11-22(31-25)15-28-20-9-10-21(29)14-20/h3-8,11-13,16,20-21,28-29H,9-10,14-15H2,1-2H3,(H2,27,30)/t16-,20+,21-/m1/s1. The molecule has 0 unspecified atom stereocenters. The molecule has 0 radical (unpaired) electrons. The van der Waals surface area contributed by atoms with Crippen molar-refractivity contribution in [3.05, 3.63) is 81.7 Å². The lowest BCUT2D eigenvalue weighted by atomic mass is 9.87. The van der Waals surface area contributed by atoms with Crippen LogP contribution in [0.15, 0.2) is 54.6 Å². The number of carbonyl (C=O) groups excluding carboxylic acids is 1. The Morgan fingerprint density at radius 2 is 2.00 bits per heavy atom. The third kappa shape index (κ3) is 4.90. The van der Waals surface area contributed by atoms with Gasteiger partial charge in [0.05, 0.1) is 6.10 Å². The van der Waals surface area contributed by atoms with Gasteiger partial charge in [-0.05, 0) is 72.7 Å². The first-order valence-corrected chi connectivity index (χ1v) is 11.7. The lowest BCUT2D eigenvalue weighted by Crippen LogP contribution is -2.25. The smallest absolute Gasteiger partial charge is 0.248 e. The van der Waals surface area contributed by atoms with Crippen molar-refractivity contribution < 1.29 is 9.90 Å². The number of nitrogens with two attached hydrogens (primary N) is 1. The summed E-state index contributed by atoms with van der Waals surface area (Å²) >= 11 is 1.81. The first-order chi connectivity index (χ1) is 14.9. The molecular formula is C26H30N2O2S. The van der Waals surface area contributed by atoms with Crippen LogP contribution in [0.25, 0.3) is 10.4 Å². The second-order valence-electron chi connectivity index (χ2n) is 8.54. The van der Waals surface area contributed by atoms with E-state index in [1.165, 1.54) is 20.9 Å². The predicted molar refractivity (Wildman–Crippen MR) is 127 cm³/mol. The van der Waals surface area contributed by atoms with Gasteiger partial charge in [0, 0.05) is 33.8 Å². The number of primary amides is 1. The maximum absolute atomic E-state index is 11.7. The zero-order chi connectivity index (χ0) is 22.0. The zero-order valence-electron chi connectivity index (χ0n) is 18.1. The minimum absolute atomic E-state index is 0.145. The van der Waals surface area contributed by atoms with Crippen LogP contribution in [-0.4, -0.2) is 23.2 Å². The summed E-state index contributed by atoms with van der Waals surface area (Å²) in [5.41, 5.74) is 10.6. The predicted octanol–water partition coefficient (Wildman–Crippen LogP) is 4.98. The zero-order valence-corrected chi connectivity index (χ0v) is 18.9. The summed E-state index contributed by atoms with van der Waals surface area (Å²) < 4.78 is 0. The van der Waals surface area contributed by atoms with E-state index >= 15 is 0 Å². The highest BCUT2D eigenvalue weighted by atomic mass is 32.1. The number of aliphatic hydroxyl groups excluding tert-OH is 1. The van der Waals surface area contributed by atoms with Gasteiger partial charge in [0.2, 0.25) is 5.91 Å². The van der Waals surface area contributed by atoms with Crippen LogP contribution >= 0.6 is 11.3 Å². The number of hydrogen-bond acceptors (Lipinski definition) is 4. The molecule has 1 saturated carbocycles. The van der Waals surface area contributed by atoms with E-state index < -0.39 is 0 Å². The van der Waals surface area contributed by atoms with Crippen LogP contribution in [0.2, 0.25) is 0 Å². The van der Waals surface area contributed by atoms with Crippen molar-refractivity contribution in [2.45, 2.75) is 57.7 Å². The van der Waals surface area contributed by atoms with Gasteiger partial charge in [-0.3, -0.25) is 4.79 Å². The molecule has 0 saturated heterocycles. The molecule has 4 nitrogen and oxygen atoms in total. The number of aliphatic hydroxyl groups is 1. The number of thiophene rings is 1. The molecule has 162 valence electrons. The number of carbonyl (C=O) groups is 1. The van der Waals surface area contributed by atoms with Crippen molar-refractivity contribution in [1.29, 1.82) is 0 Å². The highest BCUT2D eigenvalue weighted by Crippen LogP contribution is 2.33. The summed E-state index contributed by atoms with van der Waals surface area (Å²) in [6, 6.07) is 19.2. The Labute approximate surface area is 188 Å². The summed E-state index contributed by atoms with van der Waals surface area (Å²) in [6.07, 6.45) is 2.66. The molecule has 0 aliphatic heterocycles. The fourth-order valence-corrected chi connectivity index (χ4v) is 5.50. The molecule has 4 N–H and O–H groups in total. The van der Waals surface area contributed by atoms with Crippen molar-refractivity contribution >= 4 is 17.2 Å². The number of rotatable bonds is 7. The first-order valence-electron chi connectivity index (χ1n) is 10.9. The maximum atomic E-state index is 11.7. The van der Waals surface area contributed by atoms with Crippen molar-refractivity contribution in [3.63, 3.8) is 0 Å². The van der Waals surface area contributed by atoms with E-state index in [-0.39, 0.29) is 17.9 Å². The number of amides is 1. The van der Waals surface area contributed by atoms with Gasteiger partial charge in [0.1, 0.15) is 0 Å². The second-order valence-corrected chi connectivity index (χ2v) is 9.71. The van der Waals surface area contributed by atoms with Gasteiger partial charge in [0.15, 0.2) is 0 Å². The van der Waals surface area contributed by atoms with Crippen LogP contribution in [0.4, 0.5) is 0 Å². The van der Waals surface area contributed by atoms with Gasteiger partial charge >= 0.3 is 0 Å². The molecule has 1 heterocycles. The minimum atomic E-state index is -0.382. The SMILES string of the molecule is Cc1c(C(N)=O)cccc1[C@H](C)c1cccc(-c2ccc(CN[C@H]3CC[C@@H](O)C3)s2)c1.